The number of carbonyl (C=O) groups excluding carboxylic acids is 2. The molecule has 15 heteroatoms. The van der Waals surface area contributed by atoms with Crippen LogP contribution in [0.15, 0.2) is 24.5 Å². The van der Waals surface area contributed by atoms with E-state index in [2.05, 4.69) is 32.1 Å². The van der Waals surface area contributed by atoms with Gasteiger partial charge in [0.25, 0.3) is 5.91 Å². The fraction of sp³-hybridized carbons (Fsp3) is 0.444. The van der Waals surface area contributed by atoms with Crippen LogP contribution in [-0.4, -0.2) is 84.6 Å². The average molecular weight is 586 g/mol. The van der Waals surface area contributed by atoms with Crippen molar-refractivity contribution in [1.29, 1.82) is 0 Å². The molecule has 2 fully saturated rings. The quantitative estimate of drug-likeness (QED) is 0.317. The van der Waals surface area contributed by atoms with Gasteiger partial charge in [0.1, 0.15) is 23.5 Å². The number of carbonyl (C=O) groups is 2. The van der Waals surface area contributed by atoms with E-state index in [1.165, 1.54) is 21.9 Å². The van der Waals surface area contributed by atoms with Gasteiger partial charge in [0.2, 0.25) is 5.82 Å². The number of nitrogens with one attached hydrogen (secondary N) is 1. The highest BCUT2D eigenvalue weighted by Gasteiger charge is 2.47. The number of rotatable bonds is 5. The van der Waals surface area contributed by atoms with E-state index < -0.39 is 48.2 Å². The smallest absolute Gasteiger partial charge is 0.410 e. The third-order valence-corrected chi connectivity index (χ3v) is 7.13. The van der Waals surface area contributed by atoms with Gasteiger partial charge in [-0.2, -0.15) is 0 Å². The maximum atomic E-state index is 13.4. The largest absolute Gasteiger partial charge is 0.415 e. The van der Waals surface area contributed by atoms with Crippen molar-refractivity contribution in [2.45, 2.75) is 50.7 Å². The second-order valence-electron chi connectivity index (χ2n) is 9.96. The molecule has 5 N–H and O–H groups in total. The summed E-state index contributed by atoms with van der Waals surface area (Å²) in [6.45, 7) is 2.88. The van der Waals surface area contributed by atoms with Crippen LogP contribution in [0.25, 0.3) is 11.2 Å². The van der Waals surface area contributed by atoms with Crippen LogP contribution in [0.3, 0.4) is 0 Å². The number of nitrogen functional groups attached to an aromatic ring is 1. The Hall–Kier alpha value is -4.39. The molecule has 1 aromatic carbocycles. The number of hydrogen-bond donors (Lipinski definition) is 4. The topological polar surface area (TPSA) is 178 Å². The van der Waals surface area contributed by atoms with E-state index in [0.717, 1.165) is 12.1 Å². The third kappa shape index (κ3) is 5.96. The first-order chi connectivity index (χ1) is 20.2. The second kappa shape index (κ2) is 12.2. The van der Waals surface area contributed by atoms with E-state index in [0.29, 0.717) is 38.9 Å². The summed E-state index contributed by atoms with van der Waals surface area (Å²) in [6.07, 6.45) is -2.81. The molecule has 42 heavy (non-hydrogen) atoms. The van der Waals surface area contributed by atoms with Crippen molar-refractivity contribution in [1.82, 2.24) is 29.7 Å². The van der Waals surface area contributed by atoms with Crippen molar-refractivity contribution in [3.8, 4) is 17.6 Å². The Morgan fingerprint density at radius 3 is 2.67 bits per heavy atom. The molecular formula is C27H29F2N7O6. The minimum absolute atomic E-state index is 0.0595. The number of imidazole rings is 1. The molecule has 0 spiro atoms. The molecule has 0 aliphatic carbocycles. The number of aliphatic hydroxyl groups excluding tert-OH is 2. The number of amides is 2. The molecule has 2 amide bonds. The van der Waals surface area contributed by atoms with E-state index in [9.17, 15) is 28.6 Å². The van der Waals surface area contributed by atoms with Gasteiger partial charge in [-0.15, -0.1) is 0 Å². The van der Waals surface area contributed by atoms with E-state index in [1.54, 1.807) is 6.92 Å². The first kappa shape index (κ1) is 29.1. The van der Waals surface area contributed by atoms with E-state index >= 15 is 0 Å². The monoisotopic (exact) mass is 585 g/mol. The lowest BCUT2D eigenvalue weighted by molar-refractivity contribution is -0.137. The molecule has 2 aliphatic heterocycles. The number of ether oxygens (including phenoxy) is 2. The summed E-state index contributed by atoms with van der Waals surface area (Å²) in [5.74, 6) is 3.55. The minimum Gasteiger partial charge on any atom is -0.410 e. The number of nitrogens with two attached hydrogens (primary N) is 1. The number of anilines is 1. The summed E-state index contributed by atoms with van der Waals surface area (Å²) in [7, 11) is 0. The van der Waals surface area contributed by atoms with Crippen molar-refractivity contribution in [3.05, 3.63) is 42.0 Å². The Kier molecular flexibility index (Phi) is 8.48. The first-order valence-electron chi connectivity index (χ1n) is 13.4. The van der Waals surface area contributed by atoms with Crippen LogP contribution in [0.4, 0.5) is 19.4 Å². The number of halogens is 2. The van der Waals surface area contributed by atoms with Gasteiger partial charge < -0.3 is 35.6 Å². The summed E-state index contributed by atoms with van der Waals surface area (Å²) < 4.78 is 38.7. The number of hydrogen-bond acceptors (Lipinski definition) is 10. The lowest BCUT2D eigenvalue weighted by Crippen LogP contribution is -2.42. The molecule has 2 aromatic heterocycles. The molecule has 5 rings (SSSR count). The van der Waals surface area contributed by atoms with Gasteiger partial charge in [0, 0.05) is 32.1 Å². The van der Waals surface area contributed by atoms with Crippen molar-refractivity contribution in [2.24, 2.45) is 5.92 Å². The number of fused-ring (bicyclic) bond motifs is 1. The molecule has 0 radical (unpaired) electrons. The summed E-state index contributed by atoms with van der Waals surface area (Å²) in [5.41, 5.74) is 6.54. The van der Waals surface area contributed by atoms with Crippen molar-refractivity contribution in [2.75, 3.05) is 25.4 Å². The maximum absolute atomic E-state index is 13.4. The van der Waals surface area contributed by atoms with Crippen molar-refractivity contribution in [3.63, 3.8) is 0 Å². The number of likely N-dealkylation sites (tertiary alicyclic amines) is 1. The third-order valence-electron chi connectivity index (χ3n) is 7.13. The van der Waals surface area contributed by atoms with Gasteiger partial charge in [-0.25, -0.2) is 28.5 Å². The molecule has 3 aromatic rings. The molecule has 222 valence electrons. The highest BCUT2D eigenvalue weighted by Crippen LogP contribution is 2.32. The standard InChI is InChI=1S/C27H29F2N7O6/c1-2-31-25(39)22-20(37)21(38)26(42-22)36-13-32-19-23(30)33-18(34-24(19)36)5-3-4-14-8-10-35(11-9-14)27(40)41-15-6-7-16(28)17(29)12-15/h6-7,12-14,20-22,26,37-38H,2,4,8-11H2,1H3,(H,31,39)(H2,30,33,34)/t20?,21?,22-,26+/m0/s1. The summed E-state index contributed by atoms with van der Waals surface area (Å²) >= 11 is 0. The van der Waals surface area contributed by atoms with Crippen LogP contribution >= 0.6 is 0 Å². The number of aliphatic hydroxyl groups is 2. The van der Waals surface area contributed by atoms with Gasteiger partial charge >= 0.3 is 6.09 Å². The number of piperidine rings is 1. The van der Waals surface area contributed by atoms with Crippen molar-refractivity contribution < 1.29 is 38.1 Å². The first-order valence-corrected chi connectivity index (χ1v) is 13.4. The Morgan fingerprint density at radius 1 is 1.19 bits per heavy atom. The molecule has 2 unspecified atom stereocenters. The lowest BCUT2D eigenvalue weighted by atomic mass is 9.94. The van der Waals surface area contributed by atoms with E-state index in [1.807, 2.05) is 0 Å². The van der Waals surface area contributed by atoms with Gasteiger partial charge in [0.15, 0.2) is 35.4 Å². The summed E-state index contributed by atoms with van der Waals surface area (Å²) in [4.78, 5) is 38.9. The predicted molar refractivity (Wildman–Crippen MR) is 143 cm³/mol. The van der Waals surface area contributed by atoms with Crippen LogP contribution in [0.1, 0.15) is 38.2 Å². The van der Waals surface area contributed by atoms with Crippen LogP contribution in [-0.2, 0) is 9.53 Å². The van der Waals surface area contributed by atoms with E-state index in [-0.39, 0.29) is 34.5 Å². The van der Waals surface area contributed by atoms with Gasteiger partial charge in [-0.3, -0.25) is 9.36 Å². The number of nitrogens with zero attached hydrogens (tertiary/aromatic N) is 5. The van der Waals surface area contributed by atoms with Crippen molar-refractivity contribution >= 4 is 29.0 Å². The molecule has 0 saturated carbocycles. The van der Waals surface area contributed by atoms with Gasteiger partial charge in [-0.05, 0) is 43.7 Å². The molecule has 2 saturated heterocycles. The zero-order valence-electron chi connectivity index (χ0n) is 22.5. The summed E-state index contributed by atoms with van der Waals surface area (Å²) in [5, 5.41) is 23.5. The number of likely N-dealkylation sites (N-methyl/N-ethyl adjacent to an activating group) is 1. The fourth-order valence-electron chi connectivity index (χ4n) is 4.86. The lowest BCUT2D eigenvalue weighted by Gasteiger charge is -2.30. The predicted octanol–water partition coefficient (Wildman–Crippen LogP) is 1.09. The zero-order chi connectivity index (χ0) is 30.0. The highest BCUT2D eigenvalue weighted by molar-refractivity contribution is 5.83. The fourth-order valence-corrected chi connectivity index (χ4v) is 4.86. The average Bonchev–Trinajstić information content (AvgIpc) is 3.52. The summed E-state index contributed by atoms with van der Waals surface area (Å²) in [6, 6.07) is 2.91. The van der Waals surface area contributed by atoms with Crippen LogP contribution in [0.5, 0.6) is 5.75 Å². The van der Waals surface area contributed by atoms with Gasteiger partial charge in [0.05, 0.1) is 6.33 Å². The van der Waals surface area contributed by atoms with Crippen LogP contribution in [0, 0.1) is 29.4 Å². The van der Waals surface area contributed by atoms with Gasteiger partial charge in [-0.1, -0.05) is 5.92 Å². The highest BCUT2D eigenvalue weighted by atomic mass is 19.2. The minimum atomic E-state index is -1.46. The Labute approximate surface area is 238 Å². The molecule has 2 aliphatic rings. The number of aromatic nitrogens is 4. The maximum Gasteiger partial charge on any atom is 0.415 e. The molecule has 0 bridgehead atoms. The van der Waals surface area contributed by atoms with E-state index in [4.69, 9.17) is 15.2 Å². The molecular weight excluding hydrogens is 556 g/mol. The zero-order valence-corrected chi connectivity index (χ0v) is 22.5. The Bertz CT molecular complexity index is 1550. The Morgan fingerprint density at radius 2 is 1.95 bits per heavy atom. The Balaban J connectivity index is 1.21. The molecule has 13 nitrogen and oxygen atoms in total. The SMILES string of the molecule is CCNC(=O)[C@H]1O[C@@H](n2cnc3c(N)nc(C#CCC4CCN(C(=O)Oc5ccc(F)c(F)c5)CC4)nc32)C(O)C1O. The number of benzene rings is 1. The van der Waals surface area contributed by atoms with Crippen LogP contribution in [0.2, 0.25) is 0 Å². The van der Waals surface area contributed by atoms with Crippen LogP contribution < -0.4 is 15.8 Å². The normalized spacial score (nSPS) is 22.5. The molecule has 4 heterocycles. The second-order valence-corrected chi connectivity index (χ2v) is 9.96. The molecule has 4 atom stereocenters.